The molecule has 1 saturated heterocycles. The molecule has 1 atom stereocenters. The SMILES string of the molecule is Cc1cccc(NC(=O)c2cc3cc(Br)ccc3n2NC(=O)C(=O)NC[C@@H]2CCCO2)c1. The lowest BCUT2D eigenvalue weighted by molar-refractivity contribution is -0.136. The highest BCUT2D eigenvalue weighted by molar-refractivity contribution is 9.10. The van der Waals surface area contributed by atoms with E-state index in [4.69, 9.17) is 4.74 Å². The number of fused-ring (bicyclic) bond motifs is 1. The third kappa shape index (κ3) is 5.00. The minimum Gasteiger partial charge on any atom is -0.376 e. The van der Waals surface area contributed by atoms with E-state index in [1.165, 1.54) is 4.68 Å². The van der Waals surface area contributed by atoms with E-state index in [0.717, 1.165) is 28.3 Å². The Labute approximate surface area is 193 Å². The van der Waals surface area contributed by atoms with Gasteiger partial charge < -0.3 is 15.4 Å². The van der Waals surface area contributed by atoms with E-state index in [9.17, 15) is 14.4 Å². The zero-order chi connectivity index (χ0) is 22.7. The number of hydrogen-bond donors (Lipinski definition) is 3. The molecule has 9 heteroatoms. The first-order valence-electron chi connectivity index (χ1n) is 10.3. The summed E-state index contributed by atoms with van der Waals surface area (Å²) in [6.45, 7) is 2.86. The van der Waals surface area contributed by atoms with Gasteiger partial charge in [0.2, 0.25) is 0 Å². The maximum atomic E-state index is 13.0. The number of rotatable bonds is 5. The predicted octanol–water partition coefficient (Wildman–Crippen LogP) is 3.33. The van der Waals surface area contributed by atoms with Crippen LogP contribution in [0.1, 0.15) is 28.9 Å². The summed E-state index contributed by atoms with van der Waals surface area (Å²) in [7, 11) is 0. The summed E-state index contributed by atoms with van der Waals surface area (Å²) in [4.78, 5) is 37.9. The van der Waals surface area contributed by atoms with Crippen LogP contribution in [0.4, 0.5) is 5.69 Å². The van der Waals surface area contributed by atoms with E-state index in [0.29, 0.717) is 17.8 Å². The zero-order valence-electron chi connectivity index (χ0n) is 17.5. The van der Waals surface area contributed by atoms with Crippen molar-refractivity contribution in [1.82, 2.24) is 9.99 Å². The van der Waals surface area contributed by atoms with Crippen molar-refractivity contribution in [1.29, 1.82) is 0 Å². The van der Waals surface area contributed by atoms with Gasteiger partial charge in [0.15, 0.2) is 0 Å². The van der Waals surface area contributed by atoms with Gasteiger partial charge in [-0.1, -0.05) is 28.1 Å². The predicted molar refractivity (Wildman–Crippen MR) is 125 cm³/mol. The third-order valence-electron chi connectivity index (χ3n) is 5.21. The second kappa shape index (κ2) is 9.54. The van der Waals surface area contributed by atoms with Crippen LogP contribution in [0, 0.1) is 6.92 Å². The number of amides is 3. The van der Waals surface area contributed by atoms with E-state index in [-0.39, 0.29) is 18.3 Å². The Balaban J connectivity index is 1.56. The molecule has 166 valence electrons. The summed E-state index contributed by atoms with van der Waals surface area (Å²) in [6.07, 6.45) is 1.71. The van der Waals surface area contributed by atoms with Crippen LogP contribution in [0.25, 0.3) is 10.9 Å². The Bertz CT molecular complexity index is 1180. The van der Waals surface area contributed by atoms with Crippen molar-refractivity contribution >= 4 is 50.2 Å². The molecule has 1 aromatic heterocycles. The molecule has 0 bridgehead atoms. The molecular weight excluding hydrogens is 476 g/mol. The lowest BCUT2D eigenvalue weighted by Gasteiger charge is -2.14. The summed E-state index contributed by atoms with van der Waals surface area (Å²) < 4.78 is 7.63. The van der Waals surface area contributed by atoms with Gasteiger partial charge >= 0.3 is 11.8 Å². The minimum atomic E-state index is -0.868. The highest BCUT2D eigenvalue weighted by Gasteiger charge is 2.23. The van der Waals surface area contributed by atoms with Crippen molar-refractivity contribution < 1.29 is 19.1 Å². The molecule has 4 rings (SSSR count). The molecule has 1 aliphatic heterocycles. The summed E-state index contributed by atoms with van der Waals surface area (Å²) in [5, 5.41) is 6.16. The number of benzene rings is 2. The normalized spacial score (nSPS) is 15.5. The van der Waals surface area contributed by atoms with Gasteiger partial charge in [-0.3, -0.25) is 19.8 Å². The van der Waals surface area contributed by atoms with Crippen LogP contribution in [0.5, 0.6) is 0 Å². The summed E-state index contributed by atoms with van der Waals surface area (Å²) in [5.41, 5.74) is 4.97. The Morgan fingerprint density at radius 3 is 2.72 bits per heavy atom. The second-order valence-electron chi connectivity index (χ2n) is 7.68. The minimum absolute atomic E-state index is 0.0767. The van der Waals surface area contributed by atoms with E-state index < -0.39 is 17.7 Å². The molecule has 3 N–H and O–H groups in total. The molecule has 1 aliphatic rings. The van der Waals surface area contributed by atoms with Crippen molar-refractivity contribution in [3.8, 4) is 0 Å². The Morgan fingerprint density at radius 1 is 1.12 bits per heavy atom. The fraction of sp³-hybridized carbons (Fsp3) is 0.261. The van der Waals surface area contributed by atoms with Crippen LogP contribution >= 0.6 is 15.9 Å². The van der Waals surface area contributed by atoms with Gasteiger partial charge in [0.25, 0.3) is 5.91 Å². The molecule has 2 aromatic carbocycles. The first-order chi connectivity index (χ1) is 15.4. The molecule has 2 heterocycles. The molecule has 0 aliphatic carbocycles. The van der Waals surface area contributed by atoms with Crippen molar-refractivity contribution in [3.05, 3.63) is 64.3 Å². The van der Waals surface area contributed by atoms with Gasteiger partial charge in [-0.05, 0) is 61.7 Å². The molecule has 3 aromatic rings. The van der Waals surface area contributed by atoms with Crippen LogP contribution in [-0.4, -0.2) is 41.7 Å². The molecule has 32 heavy (non-hydrogen) atoms. The third-order valence-corrected chi connectivity index (χ3v) is 5.70. The van der Waals surface area contributed by atoms with Gasteiger partial charge in [-0.2, -0.15) is 0 Å². The molecule has 0 unspecified atom stereocenters. The number of nitrogens with zero attached hydrogens (tertiary/aromatic N) is 1. The topological polar surface area (TPSA) is 101 Å². The number of halogens is 1. The maximum absolute atomic E-state index is 13.0. The molecule has 1 fully saturated rings. The first-order valence-corrected chi connectivity index (χ1v) is 11.1. The number of nitrogens with one attached hydrogen (secondary N) is 3. The van der Waals surface area contributed by atoms with E-state index in [1.807, 2.05) is 31.2 Å². The average molecular weight is 499 g/mol. The Morgan fingerprint density at radius 2 is 1.97 bits per heavy atom. The standard InChI is InChI=1S/C23H23BrN4O4/c1-14-4-2-5-17(10-14)26-21(29)20-12-15-11-16(24)7-8-19(15)28(20)27-23(31)22(30)25-13-18-6-3-9-32-18/h2,4-5,7-8,10-12,18H,3,6,9,13H2,1H3,(H,25,30)(H,26,29)(H,27,31)/t18-/m0/s1. The Kier molecular flexibility index (Phi) is 6.57. The molecule has 3 amide bonds. The van der Waals surface area contributed by atoms with Crippen LogP contribution < -0.4 is 16.1 Å². The number of hydrogen-bond acceptors (Lipinski definition) is 4. The number of ether oxygens (including phenoxy) is 1. The maximum Gasteiger partial charge on any atom is 0.328 e. The van der Waals surface area contributed by atoms with E-state index in [1.54, 1.807) is 24.3 Å². The molecule has 8 nitrogen and oxygen atoms in total. The monoisotopic (exact) mass is 498 g/mol. The number of aryl methyl sites for hydroxylation is 1. The quantitative estimate of drug-likeness (QED) is 0.469. The number of anilines is 1. The summed E-state index contributed by atoms with van der Waals surface area (Å²) in [6, 6.07) is 14.5. The molecule has 0 radical (unpaired) electrons. The van der Waals surface area contributed by atoms with E-state index >= 15 is 0 Å². The van der Waals surface area contributed by atoms with Crippen LogP contribution in [-0.2, 0) is 14.3 Å². The van der Waals surface area contributed by atoms with Gasteiger partial charge in [-0.15, -0.1) is 0 Å². The van der Waals surface area contributed by atoms with Crippen LogP contribution in [0.2, 0.25) is 0 Å². The van der Waals surface area contributed by atoms with Crippen LogP contribution in [0.3, 0.4) is 0 Å². The van der Waals surface area contributed by atoms with Crippen molar-refractivity contribution in [3.63, 3.8) is 0 Å². The highest BCUT2D eigenvalue weighted by Crippen LogP contribution is 2.24. The summed E-state index contributed by atoms with van der Waals surface area (Å²) >= 11 is 3.42. The highest BCUT2D eigenvalue weighted by atomic mass is 79.9. The lowest BCUT2D eigenvalue weighted by Crippen LogP contribution is -2.42. The fourth-order valence-corrected chi connectivity index (χ4v) is 4.01. The van der Waals surface area contributed by atoms with Crippen molar-refractivity contribution in [2.75, 3.05) is 23.9 Å². The van der Waals surface area contributed by atoms with Gasteiger partial charge in [-0.25, -0.2) is 4.68 Å². The molecule has 0 spiro atoms. The van der Waals surface area contributed by atoms with Crippen molar-refractivity contribution in [2.24, 2.45) is 0 Å². The van der Waals surface area contributed by atoms with Gasteiger partial charge in [0.1, 0.15) is 5.69 Å². The van der Waals surface area contributed by atoms with Gasteiger partial charge in [0, 0.05) is 28.7 Å². The van der Waals surface area contributed by atoms with E-state index in [2.05, 4.69) is 32.0 Å². The number of carbonyl (C=O) groups is 3. The smallest absolute Gasteiger partial charge is 0.328 e. The van der Waals surface area contributed by atoms with Crippen molar-refractivity contribution in [2.45, 2.75) is 25.9 Å². The van der Waals surface area contributed by atoms with Gasteiger partial charge in [0.05, 0.1) is 11.6 Å². The fourth-order valence-electron chi connectivity index (χ4n) is 3.64. The molecule has 0 saturated carbocycles. The average Bonchev–Trinajstić information content (AvgIpc) is 3.40. The largest absolute Gasteiger partial charge is 0.376 e. The first kappa shape index (κ1) is 22.0. The zero-order valence-corrected chi connectivity index (χ0v) is 19.1. The lowest BCUT2D eigenvalue weighted by atomic mass is 10.2. The summed E-state index contributed by atoms with van der Waals surface area (Å²) in [5.74, 6) is -2.07. The number of carbonyl (C=O) groups excluding carboxylic acids is 3. The van der Waals surface area contributed by atoms with Crippen LogP contribution in [0.15, 0.2) is 53.0 Å². The molecular formula is C23H23BrN4O4. The second-order valence-corrected chi connectivity index (χ2v) is 8.59. The number of aromatic nitrogens is 1. The Hall–Kier alpha value is -3.17.